The molecule has 0 bridgehead atoms. The standard InChI is InChI=1S/C22H20N2O4/c25-21(13-12-17-11-10-16-6-1-2-7-18(16)23-17)27-15-5-14-24-19-8-3-4-9-20(19)28-22(24)26/h1-4,6-11H,5,12-15H2. The molecule has 0 fully saturated rings. The van der Waals surface area contributed by atoms with Gasteiger partial charge < -0.3 is 9.15 Å². The average Bonchev–Trinajstić information content (AvgIpc) is 3.04. The van der Waals surface area contributed by atoms with Crippen molar-refractivity contribution in [3.63, 3.8) is 0 Å². The van der Waals surface area contributed by atoms with Gasteiger partial charge in [-0.3, -0.25) is 14.3 Å². The van der Waals surface area contributed by atoms with Crippen LogP contribution in [0, 0.1) is 0 Å². The van der Waals surface area contributed by atoms with Crippen LogP contribution in [0.1, 0.15) is 18.5 Å². The minimum absolute atomic E-state index is 0.260. The zero-order valence-corrected chi connectivity index (χ0v) is 15.3. The summed E-state index contributed by atoms with van der Waals surface area (Å²) in [5.74, 6) is -0.658. The molecule has 6 nitrogen and oxygen atoms in total. The van der Waals surface area contributed by atoms with E-state index in [4.69, 9.17) is 9.15 Å². The Kier molecular flexibility index (Phi) is 5.19. The van der Waals surface area contributed by atoms with Crippen LogP contribution in [-0.2, 0) is 22.5 Å². The average molecular weight is 376 g/mol. The van der Waals surface area contributed by atoms with Crippen molar-refractivity contribution >= 4 is 28.0 Å². The van der Waals surface area contributed by atoms with Crippen LogP contribution in [0.25, 0.3) is 22.0 Å². The summed E-state index contributed by atoms with van der Waals surface area (Å²) in [5, 5.41) is 1.08. The molecular formula is C22H20N2O4. The van der Waals surface area contributed by atoms with Crippen molar-refractivity contribution in [3.05, 3.63) is 76.9 Å². The van der Waals surface area contributed by atoms with Crippen LogP contribution in [0.3, 0.4) is 0 Å². The minimum Gasteiger partial charge on any atom is -0.466 e. The molecule has 0 unspecified atom stereocenters. The Balaban J connectivity index is 1.25. The second-order valence-electron chi connectivity index (χ2n) is 6.56. The van der Waals surface area contributed by atoms with Crippen LogP contribution in [0.4, 0.5) is 0 Å². The van der Waals surface area contributed by atoms with E-state index in [1.807, 2.05) is 54.6 Å². The second kappa shape index (κ2) is 8.08. The molecule has 2 aromatic heterocycles. The molecule has 0 aliphatic rings. The molecule has 0 aliphatic heterocycles. The highest BCUT2D eigenvalue weighted by atomic mass is 16.5. The maximum atomic E-state index is 12.0. The van der Waals surface area contributed by atoms with Gasteiger partial charge in [-0.2, -0.15) is 0 Å². The van der Waals surface area contributed by atoms with E-state index in [1.54, 1.807) is 10.6 Å². The number of benzene rings is 2. The normalized spacial score (nSPS) is 11.1. The predicted molar refractivity (Wildman–Crippen MR) is 106 cm³/mol. The highest BCUT2D eigenvalue weighted by Crippen LogP contribution is 2.14. The Labute approximate surface area is 161 Å². The van der Waals surface area contributed by atoms with Crippen LogP contribution in [0.5, 0.6) is 0 Å². The number of hydrogen-bond acceptors (Lipinski definition) is 5. The number of aromatic nitrogens is 2. The van der Waals surface area contributed by atoms with Gasteiger partial charge >= 0.3 is 11.7 Å². The first-order valence-electron chi connectivity index (χ1n) is 9.29. The van der Waals surface area contributed by atoms with Crippen molar-refractivity contribution in [3.8, 4) is 0 Å². The zero-order valence-electron chi connectivity index (χ0n) is 15.3. The predicted octanol–water partition coefficient (Wildman–Crippen LogP) is 3.71. The van der Waals surface area contributed by atoms with E-state index >= 15 is 0 Å². The van der Waals surface area contributed by atoms with Crippen LogP contribution >= 0.6 is 0 Å². The number of ether oxygens (including phenoxy) is 1. The Bertz CT molecular complexity index is 1180. The summed E-state index contributed by atoms with van der Waals surface area (Å²) in [4.78, 5) is 28.4. The fraction of sp³-hybridized carbons (Fsp3) is 0.227. The molecule has 6 heteroatoms. The van der Waals surface area contributed by atoms with Gasteiger partial charge in [-0.15, -0.1) is 0 Å². The number of esters is 1. The van der Waals surface area contributed by atoms with E-state index in [0.29, 0.717) is 25.0 Å². The summed E-state index contributed by atoms with van der Waals surface area (Å²) >= 11 is 0. The van der Waals surface area contributed by atoms with Gasteiger partial charge in [0.2, 0.25) is 0 Å². The number of hydrogen-bond donors (Lipinski definition) is 0. The van der Waals surface area contributed by atoms with Crippen LogP contribution in [0.2, 0.25) is 0 Å². The number of rotatable bonds is 7. The summed E-state index contributed by atoms with van der Waals surface area (Å²) in [6.45, 7) is 0.700. The van der Waals surface area contributed by atoms with E-state index in [9.17, 15) is 9.59 Å². The lowest BCUT2D eigenvalue weighted by molar-refractivity contribution is -0.143. The largest absolute Gasteiger partial charge is 0.466 e. The molecule has 0 saturated carbocycles. The molecule has 4 rings (SSSR count). The van der Waals surface area contributed by atoms with Gasteiger partial charge in [-0.25, -0.2) is 4.79 Å². The highest BCUT2D eigenvalue weighted by Gasteiger charge is 2.09. The fourth-order valence-corrected chi connectivity index (χ4v) is 3.18. The molecule has 2 aromatic carbocycles. The number of fused-ring (bicyclic) bond motifs is 2. The number of aryl methyl sites for hydroxylation is 2. The van der Waals surface area contributed by atoms with Crippen molar-refractivity contribution in [2.45, 2.75) is 25.8 Å². The van der Waals surface area contributed by atoms with Gasteiger partial charge in [0.25, 0.3) is 0 Å². The number of pyridine rings is 1. The molecule has 0 atom stereocenters. The monoisotopic (exact) mass is 376 g/mol. The van der Waals surface area contributed by atoms with Crippen LogP contribution in [-0.4, -0.2) is 22.1 Å². The Morgan fingerprint density at radius 3 is 2.79 bits per heavy atom. The zero-order chi connectivity index (χ0) is 19.3. The number of oxazole rings is 1. The van der Waals surface area contributed by atoms with E-state index in [1.165, 1.54) is 0 Å². The highest BCUT2D eigenvalue weighted by molar-refractivity contribution is 5.78. The maximum Gasteiger partial charge on any atom is 0.419 e. The van der Waals surface area contributed by atoms with Crippen molar-refractivity contribution in [1.82, 2.24) is 9.55 Å². The summed E-state index contributed by atoms with van der Waals surface area (Å²) < 4.78 is 12.0. The minimum atomic E-state index is -0.394. The summed E-state index contributed by atoms with van der Waals surface area (Å²) in [7, 11) is 0. The van der Waals surface area contributed by atoms with E-state index < -0.39 is 5.76 Å². The smallest absolute Gasteiger partial charge is 0.419 e. The molecule has 0 radical (unpaired) electrons. The lowest BCUT2D eigenvalue weighted by atomic mass is 10.1. The molecule has 0 amide bonds. The van der Waals surface area contributed by atoms with Gasteiger partial charge in [-0.05, 0) is 30.7 Å². The van der Waals surface area contributed by atoms with Crippen molar-refractivity contribution < 1.29 is 13.9 Å². The quantitative estimate of drug-likeness (QED) is 0.363. The first kappa shape index (κ1) is 18.0. The molecule has 0 aliphatic carbocycles. The number of carbonyl (C=O) groups is 1. The molecule has 142 valence electrons. The van der Waals surface area contributed by atoms with Gasteiger partial charge in [0.1, 0.15) is 0 Å². The van der Waals surface area contributed by atoms with Crippen LogP contribution < -0.4 is 5.76 Å². The Morgan fingerprint density at radius 1 is 1.04 bits per heavy atom. The van der Waals surface area contributed by atoms with Crippen molar-refractivity contribution in [2.75, 3.05) is 6.61 Å². The molecule has 4 aromatic rings. The molecule has 0 saturated heterocycles. The SMILES string of the molecule is O=C(CCc1ccc2ccccc2n1)OCCCn1c(=O)oc2ccccc21. The van der Waals surface area contributed by atoms with E-state index in [0.717, 1.165) is 22.1 Å². The summed E-state index contributed by atoms with van der Waals surface area (Å²) in [6.07, 6.45) is 1.36. The Morgan fingerprint density at radius 2 is 1.86 bits per heavy atom. The van der Waals surface area contributed by atoms with Crippen LogP contribution in [0.15, 0.2) is 69.9 Å². The first-order chi connectivity index (χ1) is 13.7. The second-order valence-corrected chi connectivity index (χ2v) is 6.56. The summed E-state index contributed by atoms with van der Waals surface area (Å²) in [6, 6.07) is 19.1. The van der Waals surface area contributed by atoms with Gasteiger partial charge in [0.15, 0.2) is 5.58 Å². The maximum absolute atomic E-state index is 12.0. The van der Waals surface area contributed by atoms with Gasteiger partial charge in [0.05, 0.1) is 24.1 Å². The van der Waals surface area contributed by atoms with Crippen molar-refractivity contribution in [1.29, 1.82) is 0 Å². The van der Waals surface area contributed by atoms with E-state index in [-0.39, 0.29) is 19.0 Å². The molecule has 2 heterocycles. The number of carbonyl (C=O) groups excluding carboxylic acids is 1. The van der Waals surface area contributed by atoms with Gasteiger partial charge in [0, 0.05) is 24.0 Å². The Hall–Kier alpha value is -3.41. The lowest BCUT2D eigenvalue weighted by Gasteiger charge is -2.06. The van der Waals surface area contributed by atoms with Crippen molar-refractivity contribution in [2.24, 2.45) is 0 Å². The number of nitrogens with zero attached hydrogens (tertiary/aromatic N) is 2. The third-order valence-electron chi connectivity index (χ3n) is 4.60. The topological polar surface area (TPSA) is 74.3 Å². The first-order valence-corrected chi connectivity index (χ1v) is 9.29. The van der Waals surface area contributed by atoms with Gasteiger partial charge in [-0.1, -0.05) is 36.4 Å². The van der Waals surface area contributed by atoms with E-state index in [2.05, 4.69) is 4.98 Å². The molecule has 28 heavy (non-hydrogen) atoms. The summed E-state index contributed by atoms with van der Waals surface area (Å²) in [5.41, 5.74) is 3.10. The molecular weight excluding hydrogens is 356 g/mol. The fourth-order valence-electron chi connectivity index (χ4n) is 3.18. The molecule has 0 N–H and O–H groups in total. The number of para-hydroxylation sites is 3. The lowest BCUT2D eigenvalue weighted by Crippen LogP contribution is -2.16. The third kappa shape index (κ3) is 3.96. The third-order valence-corrected chi connectivity index (χ3v) is 4.60. The molecule has 0 spiro atoms.